The molecule has 2 N–H and O–H groups in total. The smallest absolute Gasteiger partial charge is 0.423 e. The Balaban J connectivity index is 2.09. The molecule has 0 spiro atoms. The number of para-hydroxylation sites is 1. The molecule has 3 nitrogen and oxygen atoms in total. The van der Waals surface area contributed by atoms with Crippen molar-refractivity contribution < 1.29 is 10.0 Å². The first-order chi connectivity index (χ1) is 9.25. The van der Waals surface area contributed by atoms with Crippen LogP contribution in [0.2, 0.25) is 0 Å². The molecule has 1 aromatic heterocycles. The highest BCUT2D eigenvalue weighted by molar-refractivity contribution is 7.98. The zero-order valence-electron chi connectivity index (χ0n) is 10.1. The fourth-order valence-electron chi connectivity index (χ4n) is 2.05. The first-order valence-electron chi connectivity index (χ1n) is 5.95. The molecule has 1 heterocycles. The summed E-state index contributed by atoms with van der Waals surface area (Å²) < 4.78 is 1.96. The van der Waals surface area contributed by atoms with Crippen molar-refractivity contribution >= 4 is 35.4 Å². The van der Waals surface area contributed by atoms with Crippen molar-refractivity contribution in [2.24, 2.45) is 0 Å². The number of aromatic nitrogens is 1. The minimum absolute atomic E-state index is 0.527. The lowest BCUT2D eigenvalue weighted by atomic mass is 9.80. The van der Waals surface area contributed by atoms with Crippen molar-refractivity contribution in [3.63, 3.8) is 0 Å². The second-order valence-corrected chi connectivity index (χ2v) is 5.25. The van der Waals surface area contributed by atoms with Crippen molar-refractivity contribution in [1.29, 1.82) is 0 Å². The van der Waals surface area contributed by atoms with Crippen LogP contribution in [0.3, 0.4) is 0 Å². The first-order valence-corrected chi connectivity index (χ1v) is 6.72. The molecule has 5 heteroatoms. The third-order valence-corrected chi connectivity index (χ3v) is 3.92. The molecule has 0 unspecified atom stereocenters. The van der Waals surface area contributed by atoms with Gasteiger partial charge in [0.25, 0.3) is 0 Å². The molecule has 3 aromatic rings. The average Bonchev–Trinajstić information content (AvgIpc) is 2.79. The van der Waals surface area contributed by atoms with E-state index < -0.39 is 7.12 Å². The van der Waals surface area contributed by atoms with E-state index in [4.69, 9.17) is 0 Å². The number of fused-ring (bicyclic) bond motifs is 1. The maximum Gasteiger partial charge on any atom is 0.490 e. The van der Waals surface area contributed by atoms with Gasteiger partial charge in [0.1, 0.15) is 0 Å². The van der Waals surface area contributed by atoms with Crippen LogP contribution in [-0.2, 0) is 0 Å². The predicted molar refractivity (Wildman–Crippen MR) is 79.5 cm³/mol. The molecule has 0 bridgehead atoms. The average molecular weight is 269 g/mol. The highest BCUT2D eigenvalue weighted by Gasteiger charge is 2.18. The Morgan fingerprint density at radius 3 is 2.32 bits per heavy atom. The van der Waals surface area contributed by atoms with E-state index in [1.165, 1.54) is 0 Å². The van der Waals surface area contributed by atoms with Crippen molar-refractivity contribution in [3.05, 3.63) is 60.8 Å². The lowest BCUT2D eigenvalue weighted by Gasteiger charge is -2.03. The van der Waals surface area contributed by atoms with Crippen LogP contribution < -0.4 is 5.46 Å². The number of rotatable bonds is 3. The van der Waals surface area contributed by atoms with Crippen LogP contribution >= 0.6 is 11.9 Å². The molecule has 0 saturated carbocycles. The predicted octanol–water partition coefficient (Wildman–Crippen LogP) is 1.88. The van der Waals surface area contributed by atoms with Gasteiger partial charge in [0.2, 0.25) is 0 Å². The Labute approximate surface area is 115 Å². The van der Waals surface area contributed by atoms with Gasteiger partial charge >= 0.3 is 7.12 Å². The SMILES string of the molecule is OB(O)c1cn(Sc2ccccc2)c2ccccc12. The zero-order valence-corrected chi connectivity index (χ0v) is 10.9. The molecule has 3 rings (SSSR count). The van der Waals surface area contributed by atoms with E-state index in [-0.39, 0.29) is 0 Å². The number of benzene rings is 2. The van der Waals surface area contributed by atoms with E-state index in [1.807, 2.05) is 58.6 Å². The molecule has 0 aliphatic carbocycles. The summed E-state index contributed by atoms with van der Waals surface area (Å²) in [6.45, 7) is 0. The number of nitrogens with zero attached hydrogens (tertiary/aromatic N) is 1. The lowest BCUT2D eigenvalue weighted by Crippen LogP contribution is -2.29. The molecule has 0 atom stereocenters. The molecule has 0 aliphatic rings. The summed E-state index contributed by atoms with van der Waals surface area (Å²) in [5, 5.41) is 19.7. The van der Waals surface area contributed by atoms with Gasteiger partial charge in [0.05, 0.1) is 5.52 Å². The highest BCUT2D eigenvalue weighted by atomic mass is 32.2. The van der Waals surface area contributed by atoms with Crippen LogP contribution in [0.15, 0.2) is 65.7 Å². The summed E-state index contributed by atoms with van der Waals surface area (Å²) in [6.07, 6.45) is 1.77. The van der Waals surface area contributed by atoms with Gasteiger partial charge in [-0.2, -0.15) is 0 Å². The third-order valence-electron chi connectivity index (χ3n) is 2.93. The van der Waals surface area contributed by atoms with Crippen molar-refractivity contribution in [1.82, 2.24) is 3.97 Å². The van der Waals surface area contributed by atoms with Crippen molar-refractivity contribution in [2.75, 3.05) is 0 Å². The van der Waals surface area contributed by atoms with Gasteiger partial charge in [0, 0.05) is 21.9 Å². The number of hydrogen-bond donors (Lipinski definition) is 2. The monoisotopic (exact) mass is 269 g/mol. The van der Waals surface area contributed by atoms with Gasteiger partial charge in [-0.25, -0.2) is 0 Å². The van der Waals surface area contributed by atoms with E-state index in [0.29, 0.717) is 5.46 Å². The van der Waals surface area contributed by atoms with Crippen LogP contribution in [0.5, 0.6) is 0 Å². The lowest BCUT2D eigenvalue weighted by molar-refractivity contribution is 0.426. The van der Waals surface area contributed by atoms with Gasteiger partial charge in [-0.1, -0.05) is 36.4 Å². The minimum atomic E-state index is -1.46. The zero-order chi connectivity index (χ0) is 13.2. The Kier molecular flexibility index (Phi) is 3.33. The molecule has 19 heavy (non-hydrogen) atoms. The van der Waals surface area contributed by atoms with Gasteiger partial charge in [0.15, 0.2) is 0 Å². The Hall–Kier alpha value is -1.69. The van der Waals surface area contributed by atoms with Gasteiger partial charge < -0.3 is 10.0 Å². The van der Waals surface area contributed by atoms with Gasteiger partial charge in [-0.05, 0) is 30.1 Å². The molecule has 0 aliphatic heterocycles. The van der Waals surface area contributed by atoms with Crippen molar-refractivity contribution in [2.45, 2.75) is 4.90 Å². The van der Waals surface area contributed by atoms with Gasteiger partial charge in [-0.15, -0.1) is 0 Å². The first kappa shape index (κ1) is 12.4. The van der Waals surface area contributed by atoms with Crippen LogP contribution in [0, 0.1) is 0 Å². The normalized spacial score (nSPS) is 10.8. The molecule has 0 saturated heterocycles. The van der Waals surface area contributed by atoms with Crippen molar-refractivity contribution in [3.8, 4) is 0 Å². The topological polar surface area (TPSA) is 45.4 Å². The summed E-state index contributed by atoms with van der Waals surface area (Å²) in [5.41, 5.74) is 1.50. The second kappa shape index (κ2) is 5.13. The third kappa shape index (κ3) is 2.40. The van der Waals surface area contributed by atoms with Crippen LogP contribution in [-0.4, -0.2) is 21.1 Å². The number of hydrogen-bond acceptors (Lipinski definition) is 3. The standard InChI is InChI=1S/C14H12BNO2S/c17-15(18)13-10-16(14-9-5-4-8-12(13)14)19-11-6-2-1-3-7-11/h1-10,17-18H. The fourth-order valence-corrected chi connectivity index (χ4v) is 2.98. The summed E-state index contributed by atoms with van der Waals surface area (Å²) >= 11 is 1.55. The quantitative estimate of drug-likeness (QED) is 0.713. The summed E-state index contributed by atoms with van der Waals surface area (Å²) in [4.78, 5) is 1.10. The molecule has 0 radical (unpaired) electrons. The molecule has 2 aromatic carbocycles. The van der Waals surface area contributed by atoms with E-state index in [2.05, 4.69) is 0 Å². The summed E-state index contributed by atoms with van der Waals surface area (Å²) in [6, 6.07) is 17.7. The molecule has 94 valence electrons. The Morgan fingerprint density at radius 2 is 1.58 bits per heavy atom. The summed E-state index contributed by atoms with van der Waals surface area (Å²) in [7, 11) is -1.46. The molecular formula is C14H12BNO2S. The molecule has 0 fully saturated rings. The Bertz CT molecular complexity index is 697. The fraction of sp³-hybridized carbons (Fsp3) is 0. The van der Waals surface area contributed by atoms with Crippen LogP contribution in [0.25, 0.3) is 10.9 Å². The Morgan fingerprint density at radius 1 is 0.895 bits per heavy atom. The van der Waals surface area contributed by atoms with E-state index >= 15 is 0 Å². The summed E-state index contributed by atoms with van der Waals surface area (Å²) in [5.74, 6) is 0. The van der Waals surface area contributed by atoms with E-state index in [9.17, 15) is 10.0 Å². The highest BCUT2D eigenvalue weighted by Crippen LogP contribution is 2.25. The van der Waals surface area contributed by atoms with Crippen LogP contribution in [0.1, 0.15) is 0 Å². The molecular weight excluding hydrogens is 257 g/mol. The van der Waals surface area contributed by atoms with E-state index in [1.54, 1.807) is 18.1 Å². The maximum atomic E-state index is 9.43. The van der Waals surface area contributed by atoms with Crippen LogP contribution in [0.4, 0.5) is 0 Å². The maximum absolute atomic E-state index is 9.43. The minimum Gasteiger partial charge on any atom is -0.423 e. The van der Waals surface area contributed by atoms with Gasteiger partial charge in [-0.3, -0.25) is 3.97 Å². The second-order valence-electron chi connectivity index (χ2n) is 4.21. The largest absolute Gasteiger partial charge is 0.490 e. The van der Waals surface area contributed by atoms with E-state index in [0.717, 1.165) is 15.8 Å². The molecule has 0 amide bonds.